The molecule has 6 heteroatoms. The Morgan fingerprint density at radius 2 is 1.30 bits per heavy atom. The van der Waals surface area contributed by atoms with Crippen LogP contribution in [0.1, 0.15) is 61.8 Å². The second-order valence-electron chi connectivity index (χ2n) is 9.77. The van der Waals surface area contributed by atoms with Crippen molar-refractivity contribution in [2.24, 2.45) is 0 Å². The van der Waals surface area contributed by atoms with Gasteiger partial charge in [-0.25, -0.2) is 0 Å². The van der Waals surface area contributed by atoms with Crippen LogP contribution in [0.15, 0.2) is 65.9 Å². The summed E-state index contributed by atoms with van der Waals surface area (Å²) in [6, 6.07) is 16.4. The van der Waals surface area contributed by atoms with E-state index in [1.165, 1.54) is 11.1 Å². The Kier molecular flexibility index (Phi) is 13.8. The van der Waals surface area contributed by atoms with Crippen LogP contribution in [0.2, 0.25) is 0 Å². The van der Waals surface area contributed by atoms with Gasteiger partial charge in [0.05, 0.1) is 6.61 Å². The summed E-state index contributed by atoms with van der Waals surface area (Å²) in [7, 11) is 0. The summed E-state index contributed by atoms with van der Waals surface area (Å²) in [5.41, 5.74) is 7.99. The van der Waals surface area contributed by atoms with E-state index in [0.29, 0.717) is 12.0 Å². The molecule has 0 aromatic heterocycles. The quantitative estimate of drug-likeness (QED) is 0.192. The fourth-order valence-electron chi connectivity index (χ4n) is 4.26. The van der Waals surface area contributed by atoms with Crippen molar-refractivity contribution in [2.45, 2.75) is 95.7 Å². The highest BCUT2D eigenvalue weighted by Gasteiger charge is 2.35. The van der Waals surface area contributed by atoms with Crippen molar-refractivity contribution in [2.75, 3.05) is 6.61 Å². The Labute approximate surface area is 221 Å². The number of unbranched alkanes of at least 4 members (excludes halogenated alkanes) is 2. The minimum atomic E-state index is -1.86. The summed E-state index contributed by atoms with van der Waals surface area (Å²) in [4.78, 5) is 0. The minimum absolute atomic E-state index is 0.288. The van der Waals surface area contributed by atoms with Crippen LogP contribution >= 0.6 is 0 Å². The average Bonchev–Trinajstić information content (AvgIpc) is 2.92. The lowest BCUT2D eigenvalue weighted by molar-refractivity contribution is -0.134. The normalized spacial score (nSPS) is 15.4. The van der Waals surface area contributed by atoms with Crippen LogP contribution in [-0.4, -0.2) is 67.8 Å². The molecule has 6 N–H and O–H groups in total. The van der Waals surface area contributed by atoms with Crippen molar-refractivity contribution in [3.05, 3.63) is 88.2 Å². The smallest absolute Gasteiger partial charge is 0.113 e. The molecule has 1 unspecified atom stereocenters. The number of hydrogen-bond acceptors (Lipinski definition) is 6. The maximum absolute atomic E-state index is 11.0. The second-order valence-corrected chi connectivity index (χ2v) is 9.77. The van der Waals surface area contributed by atoms with E-state index in [2.05, 4.69) is 43.8 Å². The summed E-state index contributed by atoms with van der Waals surface area (Å²) >= 11 is 0. The lowest BCUT2D eigenvalue weighted by Gasteiger charge is -2.29. The standard InChI is InChI=1S/C31H44O6/c1-3-5-10-22-12-7-13-24(18-22)15-9-17-26(20-25-16-8-14-23(19-25)11-6-4-2)28(34)30(36)31(37)29(35)27(33)21-32/h7-9,12-14,16,18-19,27-37H,3-6,10-11,15,20-21H2,1-2H3/t17?,27-,28?,29+,30+,31-/m0/s1. The molecular weight excluding hydrogens is 468 g/mol. The van der Waals surface area contributed by atoms with E-state index in [4.69, 9.17) is 5.11 Å². The van der Waals surface area contributed by atoms with Crippen molar-refractivity contribution in [3.63, 3.8) is 0 Å². The summed E-state index contributed by atoms with van der Waals surface area (Å²) in [6.07, 6.45) is 0.412. The molecular formula is C31H44O6. The SMILES string of the molecule is CCCCc1cccc(CC=C=C(Cc2cccc(CCCC)c2)C(O)[C@@H](O)[C@@H](O)[C@H](O)[C@@H](O)CO)c1. The van der Waals surface area contributed by atoms with Gasteiger partial charge in [-0.15, -0.1) is 5.73 Å². The predicted molar refractivity (Wildman–Crippen MR) is 146 cm³/mol. The Bertz CT molecular complexity index is 997. The fraction of sp³-hybridized carbons (Fsp3) is 0.516. The van der Waals surface area contributed by atoms with E-state index in [0.717, 1.165) is 49.7 Å². The fourth-order valence-corrected chi connectivity index (χ4v) is 4.26. The molecule has 0 saturated heterocycles. The molecule has 0 aliphatic rings. The predicted octanol–water partition coefficient (Wildman–Crippen LogP) is 3.04. The maximum atomic E-state index is 11.0. The van der Waals surface area contributed by atoms with Crippen molar-refractivity contribution in [3.8, 4) is 0 Å². The first-order valence-electron chi connectivity index (χ1n) is 13.4. The van der Waals surface area contributed by atoms with E-state index in [1.54, 1.807) is 6.08 Å². The lowest BCUT2D eigenvalue weighted by Crippen LogP contribution is -2.50. The molecule has 2 rings (SSSR count). The van der Waals surface area contributed by atoms with Crippen molar-refractivity contribution in [1.82, 2.24) is 0 Å². The first kappa shape index (κ1) is 30.9. The first-order chi connectivity index (χ1) is 17.8. The molecule has 0 aliphatic heterocycles. The van der Waals surface area contributed by atoms with Gasteiger partial charge >= 0.3 is 0 Å². The molecule has 0 amide bonds. The van der Waals surface area contributed by atoms with Gasteiger partial charge in [-0.1, -0.05) is 75.2 Å². The molecule has 0 fully saturated rings. The van der Waals surface area contributed by atoms with Crippen LogP contribution in [0.4, 0.5) is 0 Å². The number of aryl methyl sites for hydroxylation is 2. The molecule has 2 aromatic carbocycles. The Hall–Kier alpha value is -2.28. The molecule has 0 heterocycles. The molecule has 5 atom stereocenters. The van der Waals surface area contributed by atoms with Gasteiger partial charge in [0.25, 0.3) is 0 Å². The van der Waals surface area contributed by atoms with Gasteiger partial charge in [0.1, 0.15) is 30.5 Å². The van der Waals surface area contributed by atoms with Crippen LogP contribution in [0.5, 0.6) is 0 Å². The van der Waals surface area contributed by atoms with Gasteiger partial charge < -0.3 is 30.6 Å². The minimum Gasteiger partial charge on any atom is -0.394 e. The molecule has 0 bridgehead atoms. The van der Waals surface area contributed by atoms with Gasteiger partial charge in [-0.05, 0) is 60.4 Å². The highest BCUT2D eigenvalue weighted by Crippen LogP contribution is 2.20. The van der Waals surface area contributed by atoms with Gasteiger partial charge in [0, 0.05) is 12.0 Å². The number of benzene rings is 2. The summed E-state index contributed by atoms with van der Waals surface area (Å²) < 4.78 is 0. The van der Waals surface area contributed by atoms with Crippen molar-refractivity contribution in [1.29, 1.82) is 0 Å². The van der Waals surface area contributed by atoms with Gasteiger partial charge in [-0.3, -0.25) is 0 Å². The van der Waals surface area contributed by atoms with Gasteiger partial charge in [0.15, 0.2) is 0 Å². The highest BCUT2D eigenvalue weighted by molar-refractivity contribution is 5.30. The summed E-state index contributed by atoms with van der Waals surface area (Å²) in [5.74, 6) is 0. The molecule has 0 radical (unpaired) electrons. The Morgan fingerprint density at radius 1 is 0.757 bits per heavy atom. The number of hydrogen-bond donors (Lipinski definition) is 6. The van der Waals surface area contributed by atoms with Crippen molar-refractivity contribution < 1.29 is 30.6 Å². The lowest BCUT2D eigenvalue weighted by atomic mass is 9.91. The van der Waals surface area contributed by atoms with E-state index < -0.39 is 37.1 Å². The largest absolute Gasteiger partial charge is 0.394 e. The maximum Gasteiger partial charge on any atom is 0.113 e. The monoisotopic (exact) mass is 512 g/mol. The third-order valence-corrected chi connectivity index (χ3v) is 6.60. The zero-order valence-corrected chi connectivity index (χ0v) is 22.1. The first-order valence-corrected chi connectivity index (χ1v) is 13.4. The Balaban J connectivity index is 2.31. The number of aliphatic hydroxyl groups is 6. The third-order valence-electron chi connectivity index (χ3n) is 6.60. The summed E-state index contributed by atoms with van der Waals surface area (Å²) in [5, 5.41) is 60.7. The highest BCUT2D eigenvalue weighted by atomic mass is 16.4. The second kappa shape index (κ2) is 16.5. The molecule has 37 heavy (non-hydrogen) atoms. The van der Waals surface area contributed by atoms with E-state index in [9.17, 15) is 25.5 Å². The number of rotatable bonds is 16. The van der Waals surface area contributed by atoms with Crippen molar-refractivity contribution >= 4 is 0 Å². The van der Waals surface area contributed by atoms with Crippen LogP contribution in [-0.2, 0) is 25.7 Å². The van der Waals surface area contributed by atoms with Gasteiger partial charge in [-0.2, -0.15) is 0 Å². The Morgan fingerprint density at radius 3 is 1.86 bits per heavy atom. The molecule has 6 nitrogen and oxygen atoms in total. The van der Waals surface area contributed by atoms with Crippen LogP contribution in [0.25, 0.3) is 0 Å². The van der Waals surface area contributed by atoms with Crippen LogP contribution < -0.4 is 0 Å². The molecule has 0 aliphatic carbocycles. The molecule has 204 valence electrons. The molecule has 0 spiro atoms. The number of aliphatic hydroxyl groups excluding tert-OH is 6. The van der Waals surface area contributed by atoms with Gasteiger partial charge in [0.2, 0.25) is 0 Å². The topological polar surface area (TPSA) is 121 Å². The van der Waals surface area contributed by atoms with E-state index >= 15 is 0 Å². The van der Waals surface area contributed by atoms with Crippen LogP contribution in [0, 0.1) is 0 Å². The molecule has 2 aromatic rings. The van der Waals surface area contributed by atoms with E-state index in [-0.39, 0.29) is 6.42 Å². The summed E-state index contributed by atoms with van der Waals surface area (Å²) in [6.45, 7) is 3.52. The average molecular weight is 513 g/mol. The molecule has 0 saturated carbocycles. The van der Waals surface area contributed by atoms with Crippen LogP contribution in [0.3, 0.4) is 0 Å². The van der Waals surface area contributed by atoms with E-state index in [1.807, 2.05) is 24.3 Å². The third kappa shape index (κ3) is 10.2. The zero-order valence-electron chi connectivity index (χ0n) is 22.1. The zero-order chi connectivity index (χ0) is 27.2.